The SMILES string of the molecule is CCC(C)C(N)C(=O)NC(CCC(N)=O)C(=O)NC(CS)C(=O)NC(CCC(=O)O)C(=O)O. The predicted molar refractivity (Wildman–Crippen MR) is 120 cm³/mol. The average molecular weight is 492 g/mol. The molecule has 0 heterocycles. The van der Waals surface area contributed by atoms with E-state index in [-0.39, 0.29) is 30.9 Å². The summed E-state index contributed by atoms with van der Waals surface area (Å²) in [6.07, 6.45) is -0.634. The van der Waals surface area contributed by atoms with Gasteiger partial charge in [-0.05, 0) is 18.8 Å². The van der Waals surface area contributed by atoms with E-state index in [4.69, 9.17) is 16.6 Å². The first-order valence-electron chi connectivity index (χ1n) is 10.3. The van der Waals surface area contributed by atoms with Gasteiger partial charge in [-0.2, -0.15) is 12.6 Å². The van der Waals surface area contributed by atoms with E-state index in [1.165, 1.54) is 0 Å². The van der Waals surface area contributed by atoms with E-state index in [0.29, 0.717) is 6.42 Å². The Hall–Kier alpha value is -2.87. The molecule has 0 aliphatic rings. The summed E-state index contributed by atoms with van der Waals surface area (Å²) in [6, 6.07) is -4.94. The normalized spacial score (nSPS) is 15.3. The van der Waals surface area contributed by atoms with Gasteiger partial charge in [0.25, 0.3) is 0 Å². The van der Waals surface area contributed by atoms with Crippen molar-refractivity contribution >= 4 is 48.2 Å². The van der Waals surface area contributed by atoms with Crippen LogP contribution in [0.5, 0.6) is 0 Å². The van der Waals surface area contributed by atoms with Gasteiger partial charge < -0.3 is 37.6 Å². The number of nitrogens with two attached hydrogens (primary N) is 2. The van der Waals surface area contributed by atoms with E-state index in [9.17, 15) is 33.9 Å². The van der Waals surface area contributed by atoms with Crippen molar-refractivity contribution in [2.75, 3.05) is 5.75 Å². The van der Waals surface area contributed by atoms with Crippen molar-refractivity contribution in [1.82, 2.24) is 16.0 Å². The Morgan fingerprint density at radius 1 is 0.848 bits per heavy atom. The summed E-state index contributed by atoms with van der Waals surface area (Å²) in [5, 5.41) is 24.8. The first kappa shape index (κ1) is 30.1. The second-order valence-corrected chi connectivity index (χ2v) is 7.92. The molecular formula is C19H33N5O8S. The van der Waals surface area contributed by atoms with Crippen LogP contribution < -0.4 is 27.4 Å². The summed E-state index contributed by atoms with van der Waals surface area (Å²) in [7, 11) is 0. The molecule has 5 unspecified atom stereocenters. The molecule has 14 heteroatoms. The van der Waals surface area contributed by atoms with Gasteiger partial charge in [0.2, 0.25) is 23.6 Å². The Bertz CT molecular complexity index is 735. The zero-order valence-corrected chi connectivity index (χ0v) is 19.5. The molecule has 4 amide bonds. The largest absolute Gasteiger partial charge is 0.481 e. The van der Waals surface area contributed by atoms with E-state index >= 15 is 0 Å². The fourth-order valence-electron chi connectivity index (χ4n) is 2.60. The smallest absolute Gasteiger partial charge is 0.326 e. The van der Waals surface area contributed by atoms with Crippen LogP contribution in [-0.2, 0) is 28.8 Å². The maximum Gasteiger partial charge on any atom is 0.326 e. The van der Waals surface area contributed by atoms with Gasteiger partial charge in [-0.3, -0.25) is 24.0 Å². The van der Waals surface area contributed by atoms with Crippen LogP contribution in [0.4, 0.5) is 0 Å². The van der Waals surface area contributed by atoms with Gasteiger partial charge >= 0.3 is 11.9 Å². The first-order chi connectivity index (χ1) is 15.3. The zero-order chi connectivity index (χ0) is 25.7. The fraction of sp³-hybridized carbons (Fsp3) is 0.684. The third kappa shape index (κ3) is 11.5. The van der Waals surface area contributed by atoms with Gasteiger partial charge in [0.15, 0.2) is 0 Å². The number of rotatable bonds is 16. The van der Waals surface area contributed by atoms with E-state index in [0.717, 1.165) is 0 Å². The van der Waals surface area contributed by atoms with Gasteiger partial charge in [0.1, 0.15) is 18.1 Å². The van der Waals surface area contributed by atoms with Gasteiger partial charge in [0.05, 0.1) is 6.04 Å². The van der Waals surface area contributed by atoms with Crippen LogP contribution in [0.15, 0.2) is 0 Å². The van der Waals surface area contributed by atoms with Crippen LogP contribution in [0.3, 0.4) is 0 Å². The number of thiol groups is 1. The van der Waals surface area contributed by atoms with Crippen LogP contribution in [0.25, 0.3) is 0 Å². The van der Waals surface area contributed by atoms with Crippen LogP contribution in [0.2, 0.25) is 0 Å². The lowest BCUT2D eigenvalue weighted by molar-refractivity contribution is -0.143. The Morgan fingerprint density at radius 3 is 1.79 bits per heavy atom. The lowest BCUT2D eigenvalue weighted by Gasteiger charge is -2.25. The van der Waals surface area contributed by atoms with Gasteiger partial charge in [0, 0.05) is 18.6 Å². The Morgan fingerprint density at radius 2 is 1.33 bits per heavy atom. The molecule has 0 saturated carbocycles. The maximum absolute atomic E-state index is 12.7. The molecule has 33 heavy (non-hydrogen) atoms. The van der Waals surface area contributed by atoms with Crippen molar-refractivity contribution in [3.05, 3.63) is 0 Å². The van der Waals surface area contributed by atoms with Crippen molar-refractivity contribution < 1.29 is 39.0 Å². The summed E-state index contributed by atoms with van der Waals surface area (Å²) >= 11 is 3.99. The Labute approximate surface area is 196 Å². The highest BCUT2D eigenvalue weighted by atomic mass is 32.1. The third-order valence-corrected chi connectivity index (χ3v) is 5.31. The minimum atomic E-state index is -1.49. The second-order valence-electron chi connectivity index (χ2n) is 7.55. The minimum absolute atomic E-state index is 0.155. The van der Waals surface area contributed by atoms with Crippen LogP contribution >= 0.6 is 12.6 Å². The van der Waals surface area contributed by atoms with Gasteiger partial charge in [-0.25, -0.2) is 4.79 Å². The van der Waals surface area contributed by atoms with Crippen LogP contribution in [0.1, 0.15) is 46.0 Å². The lowest BCUT2D eigenvalue weighted by atomic mass is 9.98. The van der Waals surface area contributed by atoms with Crippen molar-refractivity contribution in [3.8, 4) is 0 Å². The molecule has 13 nitrogen and oxygen atoms in total. The molecule has 9 N–H and O–H groups in total. The quantitative estimate of drug-likeness (QED) is 0.111. The minimum Gasteiger partial charge on any atom is -0.481 e. The summed E-state index contributed by atoms with van der Waals surface area (Å²) in [6.45, 7) is 3.60. The number of hydrogen-bond donors (Lipinski definition) is 8. The van der Waals surface area contributed by atoms with Gasteiger partial charge in [-0.1, -0.05) is 20.3 Å². The molecule has 0 aliphatic carbocycles. The highest BCUT2D eigenvalue weighted by Crippen LogP contribution is 2.07. The summed E-state index contributed by atoms with van der Waals surface area (Å²) in [4.78, 5) is 70.7. The molecule has 0 radical (unpaired) electrons. The van der Waals surface area contributed by atoms with Crippen molar-refractivity contribution in [3.63, 3.8) is 0 Å². The number of carboxylic acids is 2. The number of carbonyl (C=O) groups is 6. The topological polar surface area (TPSA) is 231 Å². The maximum atomic E-state index is 12.7. The molecule has 0 rings (SSSR count). The van der Waals surface area contributed by atoms with Gasteiger partial charge in [-0.15, -0.1) is 0 Å². The predicted octanol–water partition coefficient (Wildman–Crippen LogP) is -2.04. The number of carbonyl (C=O) groups excluding carboxylic acids is 4. The van der Waals surface area contributed by atoms with E-state index < -0.39 is 66.2 Å². The second kappa shape index (κ2) is 15.1. The average Bonchev–Trinajstić information content (AvgIpc) is 2.75. The standard InChI is InChI=1S/C19H33N5O8S/c1-3-9(2)15(21)18(30)22-10(4-6-13(20)25)16(28)24-12(8-33)17(29)23-11(19(31)32)5-7-14(26)27/h9-12,15,33H,3-8,21H2,1-2H3,(H2,20,25)(H,22,30)(H,23,29)(H,24,28)(H,26,27)(H,31,32). The highest BCUT2D eigenvalue weighted by Gasteiger charge is 2.30. The molecule has 0 bridgehead atoms. The number of amides is 4. The number of primary amides is 1. The molecule has 0 spiro atoms. The van der Waals surface area contributed by atoms with Crippen LogP contribution in [-0.4, -0.2) is 75.7 Å². The molecule has 0 aromatic carbocycles. The fourth-order valence-corrected chi connectivity index (χ4v) is 2.86. The van der Waals surface area contributed by atoms with Crippen LogP contribution in [0, 0.1) is 5.92 Å². The van der Waals surface area contributed by atoms with Crippen molar-refractivity contribution in [2.24, 2.45) is 17.4 Å². The number of aliphatic carboxylic acids is 2. The molecule has 5 atom stereocenters. The monoisotopic (exact) mass is 491 g/mol. The van der Waals surface area contributed by atoms with Crippen molar-refractivity contribution in [2.45, 2.75) is 70.1 Å². The van der Waals surface area contributed by atoms with E-state index in [1.54, 1.807) is 6.92 Å². The molecule has 0 fully saturated rings. The molecular weight excluding hydrogens is 458 g/mol. The molecule has 0 saturated heterocycles. The molecule has 188 valence electrons. The summed E-state index contributed by atoms with van der Waals surface area (Å²) in [5.41, 5.74) is 11.0. The molecule has 0 aliphatic heterocycles. The van der Waals surface area contributed by atoms with E-state index in [2.05, 4.69) is 28.6 Å². The Kier molecular flexibility index (Phi) is 13.7. The highest BCUT2D eigenvalue weighted by molar-refractivity contribution is 7.80. The van der Waals surface area contributed by atoms with E-state index in [1.807, 2.05) is 6.92 Å². The molecule has 0 aromatic rings. The molecule has 0 aromatic heterocycles. The number of hydrogen-bond acceptors (Lipinski definition) is 8. The van der Waals surface area contributed by atoms with Crippen molar-refractivity contribution in [1.29, 1.82) is 0 Å². The zero-order valence-electron chi connectivity index (χ0n) is 18.6. The third-order valence-electron chi connectivity index (χ3n) is 4.95. The Balaban J connectivity index is 5.34. The lowest BCUT2D eigenvalue weighted by Crippen LogP contribution is -2.58. The first-order valence-corrected chi connectivity index (χ1v) is 11.0. The number of nitrogens with one attached hydrogen (secondary N) is 3. The summed E-state index contributed by atoms with van der Waals surface area (Å²) < 4.78 is 0. The summed E-state index contributed by atoms with van der Waals surface area (Å²) in [5.74, 6) is -6.16. The number of carboxylic acid groups (broad SMARTS) is 2.